The van der Waals surface area contributed by atoms with E-state index in [0.717, 1.165) is 31.6 Å². The second-order valence-electron chi connectivity index (χ2n) is 5.79. The van der Waals surface area contributed by atoms with Gasteiger partial charge in [0.2, 0.25) is 0 Å². The van der Waals surface area contributed by atoms with Gasteiger partial charge in [-0.25, -0.2) is 0 Å². The van der Waals surface area contributed by atoms with E-state index >= 15 is 0 Å². The highest BCUT2D eigenvalue weighted by atomic mass is 127. The molecule has 0 unspecified atom stereocenters. The first kappa shape index (κ1) is 18.5. The number of hydrogen-bond acceptors (Lipinski definition) is 3. The van der Waals surface area contributed by atoms with Crippen molar-refractivity contribution < 1.29 is 9.53 Å². The average Bonchev–Trinajstić information content (AvgIpc) is 2.42. The Bertz CT molecular complexity index is 351. The predicted molar refractivity (Wildman–Crippen MR) is 95.1 cm³/mol. The van der Waals surface area contributed by atoms with Gasteiger partial charge in [0.1, 0.15) is 0 Å². The van der Waals surface area contributed by atoms with Crippen LogP contribution in [0.2, 0.25) is 0 Å². The van der Waals surface area contributed by atoms with Gasteiger partial charge in [0.05, 0.1) is 12.5 Å². The second-order valence-corrected chi connectivity index (χ2v) is 5.79. The SMILES string of the molecule is CCOC(=O)C1CCC(NC(=NC)NC2CCC2)CC1.I. The maximum atomic E-state index is 11.7. The summed E-state index contributed by atoms with van der Waals surface area (Å²) in [5, 5.41) is 6.93. The largest absolute Gasteiger partial charge is 0.466 e. The van der Waals surface area contributed by atoms with Crippen LogP contribution in [0.3, 0.4) is 0 Å². The molecule has 0 atom stereocenters. The number of halogens is 1. The van der Waals surface area contributed by atoms with Crippen LogP contribution < -0.4 is 10.6 Å². The van der Waals surface area contributed by atoms with Gasteiger partial charge in [0, 0.05) is 19.1 Å². The minimum Gasteiger partial charge on any atom is -0.466 e. The summed E-state index contributed by atoms with van der Waals surface area (Å²) in [5.41, 5.74) is 0. The fraction of sp³-hybridized carbons (Fsp3) is 0.867. The Labute approximate surface area is 144 Å². The van der Waals surface area contributed by atoms with E-state index in [1.807, 2.05) is 14.0 Å². The van der Waals surface area contributed by atoms with Gasteiger partial charge in [0.15, 0.2) is 5.96 Å². The Balaban J connectivity index is 0.00000220. The van der Waals surface area contributed by atoms with Crippen molar-refractivity contribution >= 4 is 35.9 Å². The maximum absolute atomic E-state index is 11.7. The molecule has 21 heavy (non-hydrogen) atoms. The summed E-state index contributed by atoms with van der Waals surface area (Å²) in [7, 11) is 1.82. The molecule has 2 rings (SSSR count). The topological polar surface area (TPSA) is 62.7 Å². The summed E-state index contributed by atoms with van der Waals surface area (Å²) < 4.78 is 5.10. The molecule has 2 aliphatic rings. The maximum Gasteiger partial charge on any atom is 0.308 e. The average molecular weight is 409 g/mol. The van der Waals surface area contributed by atoms with E-state index in [-0.39, 0.29) is 35.9 Å². The monoisotopic (exact) mass is 409 g/mol. The zero-order valence-electron chi connectivity index (χ0n) is 13.1. The van der Waals surface area contributed by atoms with Crippen LogP contribution in [-0.2, 0) is 9.53 Å². The zero-order chi connectivity index (χ0) is 14.4. The van der Waals surface area contributed by atoms with Crippen molar-refractivity contribution in [2.75, 3.05) is 13.7 Å². The summed E-state index contributed by atoms with van der Waals surface area (Å²) in [5.74, 6) is 0.979. The minimum atomic E-state index is -0.0251. The highest BCUT2D eigenvalue weighted by Crippen LogP contribution is 2.25. The Kier molecular flexibility index (Phi) is 8.36. The van der Waals surface area contributed by atoms with Crippen molar-refractivity contribution in [3.63, 3.8) is 0 Å². The smallest absolute Gasteiger partial charge is 0.308 e. The van der Waals surface area contributed by atoms with Crippen LogP contribution in [0, 0.1) is 5.92 Å². The fourth-order valence-electron chi connectivity index (χ4n) is 2.84. The zero-order valence-corrected chi connectivity index (χ0v) is 15.4. The summed E-state index contributed by atoms with van der Waals surface area (Å²) in [6.45, 7) is 2.34. The van der Waals surface area contributed by atoms with Crippen LogP contribution in [-0.4, -0.2) is 37.7 Å². The Hall–Kier alpha value is -0.530. The predicted octanol–water partition coefficient (Wildman–Crippen LogP) is 2.44. The highest BCUT2D eigenvalue weighted by Gasteiger charge is 2.28. The lowest BCUT2D eigenvalue weighted by atomic mass is 9.86. The van der Waals surface area contributed by atoms with E-state index in [0.29, 0.717) is 18.7 Å². The van der Waals surface area contributed by atoms with Gasteiger partial charge in [-0.2, -0.15) is 0 Å². The minimum absolute atomic E-state index is 0. The number of guanidine groups is 1. The molecule has 0 spiro atoms. The van der Waals surface area contributed by atoms with Gasteiger partial charge < -0.3 is 15.4 Å². The number of nitrogens with one attached hydrogen (secondary N) is 2. The van der Waals surface area contributed by atoms with E-state index in [2.05, 4.69) is 15.6 Å². The Morgan fingerprint density at radius 2 is 1.67 bits per heavy atom. The number of hydrogen-bond donors (Lipinski definition) is 2. The third-order valence-corrected chi connectivity index (χ3v) is 4.36. The number of carbonyl (C=O) groups excluding carboxylic acids is 1. The van der Waals surface area contributed by atoms with Gasteiger partial charge in [-0.15, -0.1) is 24.0 Å². The normalized spacial score (nSPS) is 26.3. The van der Waals surface area contributed by atoms with Crippen molar-refractivity contribution in [1.29, 1.82) is 0 Å². The molecule has 0 amide bonds. The number of nitrogens with zero attached hydrogens (tertiary/aromatic N) is 1. The first-order valence-corrected chi connectivity index (χ1v) is 7.89. The first-order valence-electron chi connectivity index (χ1n) is 7.89. The molecule has 0 bridgehead atoms. The lowest BCUT2D eigenvalue weighted by Gasteiger charge is -2.32. The lowest BCUT2D eigenvalue weighted by Crippen LogP contribution is -2.50. The van der Waals surface area contributed by atoms with Crippen molar-refractivity contribution in [3.05, 3.63) is 0 Å². The molecule has 5 nitrogen and oxygen atoms in total. The molecule has 6 heteroatoms. The molecule has 2 N–H and O–H groups in total. The summed E-state index contributed by atoms with van der Waals surface area (Å²) >= 11 is 0. The van der Waals surface area contributed by atoms with Gasteiger partial charge in [-0.3, -0.25) is 9.79 Å². The van der Waals surface area contributed by atoms with Crippen LogP contribution >= 0.6 is 24.0 Å². The van der Waals surface area contributed by atoms with Crippen LogP contribution in [0.4, 0.5) is 0 Å². The van der Waals surface area contributed by atoms with Gasteiger partial charge in [-0.05, 0) is 51.9 Å². The number of rotatable bonds is 4. The molecule has 122 valence electrons. The molecule has 0 heterocycles. The quantitative estimate of drug-likeness (QED) is 0.324. The van der Waals surface area contributed by atoms with Crippen LogP contribution in [0.25, 0.3) is 0 Å². The van der Waals surface area contributed by atoms with E-state index < -0.39 is 0 Å². The number of esters is 1. The molecule has 0 aromatic carbocycles. The molecule has 2 fully saturated rings. The molecule has 0 aromatic heterocycles. The van der Waals surface area contributed by atoms with Crippen molar-refractivity contribution in [2.45, 2.75) is 64.0 Å². The van der Waals surface area contributed by atoms with Gasteiger partial charge >= 0.3 is 5.97 Å². The first-order chi connectivity index (χ1) is 9.72. The van der Waals surface area contributed by atoms with Crippen molar-refractivity contribution in [2.24, 2.45) is 10.9 Å². The molecule has 2 saturated carbocycles. The summed E-state index contributed by atoms with van der Waals surface area (Å²) in [6.07, 6.45) is 7.66. The van der Waals surface area contributed by atoms with Crippen LogP contribution in [0.1, 0.15) is 51.9 Å². The number of carbonyl (C=O) groups is 1. The van der Waals surface area contributed by atoms with Crippen molar-refractivity contribution in [1.82, 2.24) is 10.6 Å². The lowest BCUT2D eigenvalue weighted by molar-refractivity contribution is -0.149. The molecular weight excluding hydrogens is 381 g/mol. The molecule has 0 aliphatic heterocycles. The standard InChI is InChI=1S/C15H27N3O2.HI/c1-3-20-14(19)11-7-9-13(10-8-11)18-15(16-2)17-12-5-4-6-12;/h11-13H,3-10H2,1-2H3,(H2,16,17,18);1H. The molecular formula is C15H28IN3O2. The Morgan fingerprint density at radius 3 is 2.10 bits per heavy atom. The molecule has 0 radical (unpaired) electrons. The number of ether oxygens (including phenoxy) is 1. The molecule has 0 aromatic rings. The second kappa shape index (κ2) is 9.48. The van der Waals surface area contributed by atoms with E-state index in [4.69, 9.17) is 4.74 Å². The Morgan fingerprint density at radius 1 is 1.10 bits per heavy atom. The van der Waals surface area contributed by atoms with E-state index in [1.54, 1.807) is 0 Å². The van der Waals surface area contributed by atoms with Crippen LogP contribution in [0.15, 0.2) is 4.99 Å². The van der Waals surface area contributed by atoms with Gasteiger partial charge in [0.25, 0.3) is 0 Å². The molecule has 2 aliphatic carbocycles. The third kappa shape index (κ3) is 5.64. The third-order valence-electron chi connectivity index (χ3n) is 4.36. The number of aliphatic imine (C=N–C) groups is 1. The van der Waals surface area contributed by atoms with Crippen molar-refractivity contribution in [3.8, 4) is 0 Å². The van der Waals surface area contributed by atoms with E-state index in [9.17, 15) is 4.79 Å². The van der Waals surface area contributed by atoms with Crippen LogP contribution in [0.5, 0.6) is 0 Å². The highest BCUT2D eigenvalue weighted by molar-refractivity contribution is 14.0. The van der Waals surface area contributed by atoms with Gasteiger partial charge in [-0.1, -0.05) is 0 Å². The van der Waals surface area contributed by atoms with E-state index in [1.165, 1.54) is 19.3 Å². The fourth-order valence-corrected chi connectivity index (χ4v) is 2.84. The summed E-state index contributed by atoms with van der Waals surface area (Å²) in [6, 6.07) is 1.02. The molecule has 0 saturated heterocycles. The summed E-state index contributed by atoms with van der Waals surface area (Å²) in [4.78, 5) is 16.0.